The number of aromatic hydroxyl groups is 1. The van der Waals surface area contributed by atoms with Crippen molar-refractivity contribution in [3.63, 3.8) is 0 Å². The molecule has 0 unspecified atom stereocenters. The number of phenols is 1. The number of phenolic OH excluding ortho intramolecular Hbond substituents is 1. The molecule has 0 aliphatic carbocycles. The minimum atomic E-state index is 0.0813. The van der Waals surface area contributed by atoms with Gasteiger partial charge in [0.2, 0.25) is 0 Å². The van der Waals surface area contributed by atoms with Crippen LogP contribution in [-0.2, 0) is 4.74 Å². The summed E-state index contributed by atoms with van der Waals surface area (Å²) >= 11 is 6.19. The van der Waals surface area contributed by atoms with Crippen molar-refractivity contribution < 1.29 is 9.84 Å². The maximum atomic E-state index is 9.80. The summed E-state index contributed by atoms with van der Waals surface area (Å²) in [5.41, 5.74) is 4.35. The Morgan fingerprint density at radius 1 is 1.22 bits per heavy atom. The van der Waals surface area contributed by atoms with Gasteiger partial charge in [0.05, 0.1) is 12.1 Å². The molecule has 0 aromatic heterocycles. The number of fused-ring (bicyclic) bond motifs is 3. The Bertz CT molecular complexity index is 746. The van der Waals surface area contributed by atoms with Gasteiger partial charge in [0.15, 0.2) is 0 Å². The fraction of sp³-hybridized carbons (Fsp3) is 0.368. The summed E-state index contributed by atoms with van der Waals surface area (Å²) in [6.45, 7) is 2.73. The van der Waals surface area contributed by atoms with Crippen molar-refractivity contribution in [3.8, 4) is 5.75 Å². The van der Waals surface area contributed by atoms with Crippen LogP contribution >= 0.6 is 11.6 Å². The molecule has 0 spiro atoms. The number of hydrogen-bond donors (Lipinski definition) is 2. The molecule has 23 heavy (non-hydrogen) atoms. The van der Waals surface area contributed by atoms with Gasteiger partial charge in [-0.05, 0) is 55.2 Å². The molecule has 0 saturated carbocycles. The van der Waals surface area contributed by atoms with Crippen molar-refractivity contribution in [1.29, 1.82) is 0 Å². The number of benzene rings is 2. The number of ether oxygens (including phenoxy) is 1. The third-order valence-electron chi connectivity index (χ3n) is 5.01. The topological polar surface area (TPSA) is 41.5 Å². The van der Waals surface area contributed by atoms with Gasteiger partial charge in [0, 0.05) is 28.8 Å². The van der Waals surface area contributed by atoms with Gasteiger partial charge >= 0.3 is 0 Å². The van der Waals surface area contributed by atoms with Crippen molar-refractivity contribution in [1.82, 2.24) is 0 Å². The summed E-state index contributed by atoms with van der Waals surface area (Å²) in [4.78, 5) is 0. The van der Waals surface area contributed by atoms with Crippen LogP contribution in [0.5, 0.6) is 5.75 Å². The van der Waals surface area contributed by atoms with Crippen LogP contribution in [0.15, 0.2) is 36.4 Å². The molecule has 1 fully saturated rings. The van der Waals surface area contributed by atoms with Gasteiger partial charge in [-0.1, -0.05) is 23.7 Å². The van der Waals surface area contributed by atoms with E-state index in [-0.39, 0.29) is 12.1 Å². The highest BCUT2D eigenvalue weighted by Gasteiger charge is 2.39. The average Bonchev–Trinajstić information content (AvgIpc) is 2.57. The zero-order valence-electron chi connectivity index (χ0n) is 13.1. The molecule has 0 bridgehead atoms. The molecule has 120 valence electrons. The normalized spacial score (nSPS) is 26.1. The number of anilines is 1. The standard InChI is InChI=1S/C19H20ClNO2/c1-11-9-12(4-7-17(11)22)18-14-3-2-8-23-19(14)15-10-13(20)5-6-16(15)21-18/h4-7,9-10,14,18-19,21-22H,2-3,8H2,1H3/t14-,18-,19-/m0/s1. The summed E-state index contributed by atoms with van der Waals surface area (Å²) in [6, 6.07) is 12.0. The van der Waals surface area contributed by atoms with E-state index in [1.807, 2.05) is 31.2 Å². The van der Waals surface area contributed by atoms with Gasteiger partial charge in [-0.2, -0.15) is 0 Å². The van der Waals surface area contributed by atoms with Gasteiger partial charge in [-0.15, -0.1) is 0 Å². The smallest absolute Gasteiger partial charge is 0.118 e. The number of nitrogens with one attached hydrogen (secondary N) is 1. The molecule has 3 nitrogen and oxygen atoms in total. The lowest BCUT2D eigenvalue weighted by Gasteiger charge is -2.43. The summed E-state index contributed by atoms with van der Waals surface area (Å²) in [6.07, 6.45) is 2.28. The van der Waals surface area contributed by atoms with Crippen LogP contribution in [0.4, 0.5) is 5.69 Å². The van der Waals surface area contributed by atoms with Crippen molar-refractivity contribution in [2.75, 3.05) is 11.9 Å². The number of hydrogen-bond acceptors (Lipinski definition) is 3. The molecule has 0 radical (unpaired) electrons. The molecule has 1 saturated heterocycles. The average molecular weight is 330 g/mol. The monoisotopic (exact) mass is 329 g/mol. The summed E-state index contributed by atoms with van der Waals surface area (Å²) in [5, 5.41) is 14.2. The van der Waals surface area contributed by atoms with Crippen molar-refractivity contribution >= 4 is 17.3 Å². The number of halogens is 1. The van der Waals surface area contributed by atoms with E-state index in [2.05, 4.69) is 11.4 Å². The van der Waals surface area contributed by atoms with Crippen molar-refractivity contribution in [2.24, 2.45) is 5.92 Å². The maximum Gasteiger partial charge on any atom is 0.118 e. The van der Waals surface area contributed by atoms with Crippen LogP contribution in [0.2, 0.25) is 5.02 Å². The molecular weight excluding hydrogens is 310 g/mol. The second-order valence-electron chi connectivity index (χ2n) is 6.50. The highest BCUT2D eigenvalue weighted by Crippen LogP contribution is 2.49. The van der Waals surface area contributed by atoms with Crippen molar-refractivity contribution in [3.05, 3.63) is 58.1 Å². The largest absolute Gasteiger partial charge is 0.508 e. The van der Waals surface area contributed by atoms with Crippen LogP contribution in [0, 0.1) is 12.8 Å². The molecule has 2 N–H and O–H groups in total. The van der Waals surface area contributed by atoms with E-state index >= 15 is 0 Å². The molecule has 2 aromatic rings. The SMILES string of the molecule is Cc1cc([C@@H]2Nc3ccc(Cl)cc3[C@H]3OCCC[C@H]32)ccc1O. The van der Waals surface area contributed by atoms with Crippen LogP contribution in [0.25, 0.3) is 0 Å². The van der Waals surface area contributed by atoms with Gasteiger partial charge in [-0.25, -0.2) is 0 Å². The Morgan fingerprint density at radius 3 is 2.91 bits per heavy atom. The third kappa shape index (κ3) is 2.58. The summed E-state index contributed by atoms with van der Waals surface area (Å²) in [7, 11) is 0. The van der Waals surface area contributed by atoms with Crippen LogP contribution in [-0.4, -0.2) is 11.7 Å². The number of rotatable bonds is 1. The van der Waals surface area contributed by atoms with E-state index in [4.69, 9.17) is 16.3 Å². The highest BCUT2D eigenvalue weighted by molar-refractivity contribution is 6.30. The quantitative estimate of drug-likeness (QED) is 0.774. The molecule has 2 heterocycles. The van der Waals surface area contributed by atoms with E-state index in [0.29, 0.717) is 11.7 Å². The lowest BCUT2D eigenvalue weighted by Crippen LogP contribution is -2.36. The van der Waals surface area contributed by atoms with Gasteiger partial charge in [-0.3, -0.25) is 0 Å². The molecular formula is C19H20ClNO2. The fourth-order valence-electron chi connectivity index (χ4n) is 3.84. The molecule has 4 heteroatoms. The molecule has 2 aliphatic rings. The van der Waals surface area contributed by atoms with E-state index in [1.54, 1.807) is 6.07 Å². The molecule has 2 aromatic carbocycles. The minimum Gasteiger partial charge on any atom is -0.508 e. The molecule has 3 atom stereocenters. The van der Waals surface area contributed by atoms with Gasteiger partial charge in [0.1, 0.15) is 5.75 Å². The van der Waals surface area contributed by atoms with Gasteiger partial charge < -0.3 is 15.2 Å². The van der Waals surface area contributed by atoms with E-state index in [1.165, 1.54) is 5.56 Å². The Kier molecular flexibility index (Phi) is 3.70. The molecule has 4 rings (SSSR count). The van der Waals surface area contributed by atoms with Crippen LogP contribution < -0.4 is 5.32 Å². The first kappa shape index (κ1) is 14.9. The zero-order chi connectivity index (χ0) is 16.0. The second kappa shape index (κ2) is 5.73. The first-order chi connectivity index (χ1) is 11.1. The Balaban J connectivity index is 1.78. The first-order valence-corrected chi connectivity index (χ1v) is 8.48. The minimum absolute atomic E-state index is 0.0813. The second-order valence-corrected chi connectivity index (χ2v) is 6.93. The van der Waals surface area contributed by atoms with E-state index in [9.17, 15) is 5.11 Å². The highest BCUT2D eigenvalue weighted by atomic mass is 35.5. The molecule has 0 amide bonds. The third-order valence-corrected chi connectivity index (χ3v) is 5.24. The molecule has 2 aliphatic heterocycles. The maximum absolute atomic E-state index is 9.80. The Labute approximate surface area is 141 Å². The fourth-order valence-corrected chi connectivity index (χ4v) is 4.02. The van der Waals surface area contributed by atoms with Crippen molar-refractivity contribution in [2.45, 2.75) is 31.9 Å². The van der Waals surface area contributed by atoms with E-state index < -0.39 is 0 Å². The van der Waals surface area contributed by atoms with E-state index in [0.717, 1.165) is 41.3 Å². The number of aryl methyl sites for hydroxylation is 1. The summed E-state index contributed by atoms with van der Waals surface area (Å²) in [5.74, 6) is 0.715. The predicted octanol–water partition coefficient (Wildman–Crippen LogP) is 4.99. The first-order valence-electron chi connectivity index (χ1n) is 8.10. The Hall–Kier alpha value is -1.71. The zero-order valence-corrected chi connectivity index (χ0v) is 13.8. The van der Waals surface area contributed by atoms with Crippen LogP contribution in [0.1, 0.15) is 41.7 Å². The Morgan fingerprint density at radius 2 is 2.09 bits per heavy atom. The lowest BCUT2D eigenvalue weighted by molar-refractivity contribution is -0.0381. The van der Waals surface area contributed by atoms with Crippen LogP contribution in [0.3, 0.4) is 0 Å². The predicted molar refractivity (Wildman–Crippen MR) is 92.1 cm³/mol. The van der Waals surface area contributed by atoms with Gasteiger partial charge in [0.25, 0.3) is 0 Å². The summed E-state index contributed by atoms with van der Waals surface area (Å²) < 4.78 is 6.12. The lowest BCUT2D eigenvalue weighted by atomic mass is 9.77.